The molecule has 0 radical (unpaired) electrons. The lowest BCUT2D eigenvalue weighted by atomic mass is 9.77. The van der Waals surface area contributed by atoms with Crippen molar-refractivity contribution in [3.8, 4) is 39.0 Å². The van der Waals surface area contributed by atoms with E-state index in [2.05, 4.69) is 148 Å². The third kappa shape index (κ3) is 5.63. The smallest absolute Gasteiger partial charge is 0.138 e. The van der Waals surface area contributed by atoms with Crippen LogP contribution in [0.2, 0.25) is 0 Å². The highest BCUT2D eigenvalue weighted by molar-refractivity contribution is 7.15. The van der Waals surface area contributed by atoms with E-state index in [1.165, 1.54) is 35.7 Å². The van der Waals surface area contributed by atoms with Crippen molar-refractivity contribution in [3.05, 3.63) is 185 Å². The standard InChI is InChI=1S/C45H36N6S/c46-28-33-18-20-34(21-19-33)44-40(35-22-25-43-47-29-41(50(43)30-35)42-24-23-39(52-42)31-49-26-10-11-27-49)32-51(48-44)45(36-12-4-1-5-13-36,37-14-6-2-7-15-37)38-16-8-3-9-17-38/h1-9,12-25,29-30,32H,10-11,26-27,31H2. The molecule has 0 aliphatic carbocycles. The van der Waals surface area contributed by atoms with Crippen molar-refractivity contribution in [2.24, 2.45) is 0 Å². The van der Waals surface area contributed by atoms with Gasteiger partial charge in [0, 0.05) is 40.5 Å². The van der Waals surface area contributed by atoms with Gasteiger partial charge in [0.15, 0.2) is 0 Å². The number of hydrogen-bond acceptors (Lipinski definition) is 5. The van der Waals surface area contributed by atoms with Crippen LogP contribution in [0.5, 0.6) is 0 Å². The van der Waals surface area contributed by atoms with Crippen molar-refractivity contribution in [3.63, 3.8) is 0 Å². The maximum atomic E-state index is 9.61. The van der Waals surface area contributed by atoms with Gasteiger partial charge in [-0.05, 0) is 79.0 Å². The number of fused-ring (bicyclic) bond motifs is 1. The number of pyridine rings is 1. The van der Waals surface area contributed by atoms with Crippen molar-refractivity contribution < 1.29 is 0 Å². The molecule has 0 N–H and O–H groups in total. The minimum Gasteiger partial charge on any atom is -0.298 e. The maximum absolute atomic E-state index is 9.61. The summed E-state index contributed by atoms with van der Waals surface area (Å²) in [5.74, 6) is 0. The fraction of sp³-hybridized carbons (Fsp3) is 0.133. The number of imidazole rings is 1. The van der Waals surface area contributed by atoms with Crippen molar-refractivity contribution in [2.45, 2.75) is 24.9 Å². The van der Waals surface area contributed by atoms with Gasteiger partial charge in [-0.3, -0.25) is 14.0 Å². The van der Waals surface area contributed by atoms with E-state index < -0.39 is 5.54 Å². The first-order valence-electron chi connectivity index (χ1n) is 17.8. The topological polar surface area (TPSA) is 62.2 Å². The molecule has 4 aromatic heterocycles. The number of benzene rings is 4. The number of rotatable bonds is 9. The number of nitrogens with zero attached hydrogens (tertiary/aromatic N) is 6. The third-order valence-electron chi connectivity index (χ3n) is 10.2. The Morgan fingerprint density at radius 2 is 1.29 bits per heavy atom. The molecule has 1 fully saturated rings. The summed E-state index contributed by atoms with van der Waals surface area (Å²) in [5, 5.41) is 15.1. The molecule has 0 saturated carbocycles. The molecule has 5 heterocycles. The van der Waals surface area contributed by atoms with Crippen LogP contribution in [-0.2, 0) is 12.1 Å². The van der Waals surface area contributed by atoms with Crippen LogP contribution >= 0.6 is 11.3 Å². The van der Waals surface area contributed by atoms with E-state index >= 15 is 0 Å². The number of nitriles is 1. The monoisotopic (exact) mass is 692 g/mol. The van der Waals surface area contributed by atoms with Gasteiger partial charge in [0.2, 0.25) is 0 Å². The van der Waals surface area contributed by atoms with Crippen molar-refractivity contribution in [1.82, 2.24) is 24.1 Å². The van der Waals surface area contributed by atoms with Crippen LogP contribution in [0.25, 0.3) is 38.6 Å². The summed E-state index contributed by atoms with van der Waals surface area (Å²) in [5.41, 5.74) is 8.88. The van der Waals surface area contributed by atoms with Gasteiger partial charge in [0.25, 0.3) is 0 Å². The number of thiophene rings is 1. The second-order valence-corrected chi connectivity index (χ2v) is 14.5. The summed E-state index contributed by atoms with van der Waals surface area (Å²) < 4.78 is 4.35. The Labute approximate surface area is 307 Å². The molecule has 4 aromatic carbocycles. The number of likely N-dealkylation sites (tertiary alicyclic amines) is 1. The first-order chi connectivity index (χ1) is 25.7. The molecule has 252 valence electrons. The quantitative estimate of drug-likeness (QED) is 0.141. The van der Waals surface area contributed by atoms with E-state index in [-0.39, 0.29) is 0 Å². The summed E-state index contributed by atoms with van der Waals surface area (Å²) in [6.07, 6.45) is 8.95. The molecule has 9 rings (SSSR count). The molecule has 1 aliphatic rings. The van der Waals surface area contributed by atoms with Gasteiger partial charge >= 0.3 is 0 Å². The van der Waals surface area contributed by atoms with Gasteiger partial charge in [-0.15, -0.1) is 11.3 Å². The Hall–Kier alpha value is -6.07. The SMILES string of the molecule is N#Cc1ccc(-c2nn(C(c3ccccc3)(c3ccccc3)c3ccccc3)cc2-c2ccc3ncc(-c4ccc(CN5CCCC5)s4)n3c2)cc1. The number of aromatic nitrogens is 4. The third-order valence-corrected chi connectivity index (χ3v) is 11.3. The number of hydrogen-bond donors (Lipinski definition) is 0. The van der Waals surface area contributed by atoms with Gasteiger partial charge in [0.1, 0.15) is 16.9 Å². The Balaban J connectivity index is 1.25. The molecule has 0 bridgehead atoms. The first-order valence-corrected chi connectivity index (χ1v) is 18.6. The molecular formula is C45H36N6S. The van der Waals surface area contributed by atoms with Crippen LogP contribution in [0, 0.1) is 11.3 Å². The zero-order chi connectivity index (χ0) is 34.9. The van der Waals surface area contributed by atoms with Crippen LogP contribution in [0.4, 0.5) is 0 Å². The van der Waals surface area contributed by atoms with Gasteiger partial charge < -0.3 is 0 Å². The molecule has 6 nitrogen and oxygen atoms in total. The Morgan fingerprint density at radius 1 is 0.673 bits per heavy atom. The Kier molecular flexibility index (Phi) is 8.32. The van der Waals surface area contributed by atoms with E-state index in [0.717, 1.165) is 57.0 Å². The zero-order valence-electron chi connectivity index (χ0n) is 28.6. The highest BCUT2D eigenvalue weighted by Gasteiger charge is 2.40. The van der Waals surface area contributed by atoms with Crippen molar-refractivity contribution in [2.75, 3.05) is 13.1 Å². The van der Waals surface area contributed by atoms with Gasteiger partial charge in [0.05, 0.1) is 28.4 Å². The van der Waals surface area contributed by atoms with Gasteiger partial charge in [-0.25, -0.2) is 4.98 Å². The van der Waals surface area contributed by atoms with Crippen molar-refractivity contribution >= 4 is 17.0 Å². The lowest BCUT2D eigenvalue weighted by Crippen LogP contribution is -2.38. The fourth-order valence-electron chi connectivity index (χ4n) is 7.69. The maximum Gasteiger partial charge on any atom is 0.138 e. The molecule has 0 amide bonds. The summed E-state index contributed by atoms with van der Waals surface area (Å²) in [7, 11) is 0. The molecule has 1 saturated heterocycles. The molecule has 7 heteroatoms. The van der Waals surface area contributed by atoms with Gasteiger partial charge in [-0.1, -0.05) is 103 Å². The Bertz CT molecular complexity index is 2400. The molecule has 0 unspecified atom stereocenters. The predicted molar refractivity (Wildman–Crippen MR) is 209 cm³/mol. The second kappa shape index (κ2) is 13.6. The fourth-order valence-corrected chi connectivity index (χ4v) is 8.75. The minimum atomic E-state index is -0.781. The normalized spacial score (nSPS) is 13.4. The van der Waals surface area contributed by atoms with E-state index in [0.29, 0.717) is 5.56 Å². The highest BCUT2D eigenvalue weighted by Crippen LogP contribution is 2.43. The van der Waals surface area contributed by atoms with E-state index in [9.17, 15) is 5.26 Å². The lowest BCUT2D eigenvalue weighted by molar-refractivity contribution is 0.334. The lowest BCUT2D eigenvalue weighted by Gasteiger charge is -2.36. The van der Waals surface area contributed by atoms with Crippen molar-refractivity contribution in [1.29, 1.82) is 5.26 Å². The molecule has 8 aromatic rings. The largest absolute Gasteiger partial charge is 0.298 e. The van der Waals surface area contributed by atoms with E-state index in [1.807, 2.05) is 41.8 Å². The van der Waals surface area contributed by atoms with Crippen LogP contribution in [0.15, 0.2) is 158 Å². The molecular weight excluding hydrogens is 657 g/mol. The average molecular weight is 693 g/mol. The van der Waals surface area contributed by atoms with Crippen LogP contribution < -0.4 is 0 Å². The van der Waals surface area contributed by atoms with E-state index in [4.69, 9.17) is 10.1 Å². The highest BCUT2D eigenvalue weighted by atomic mass is 32.1. The van der Waals surface area contributed by atoms with Crippen LogP contribution in [0.1, 0.15) is 40.0 Å². The predicted octanol–water partition coefficient (Wildman–Crippen LogP) is 9.90. The summed E-state index contributed by atoms with van der Waals surface area (Å²) in [6, 6.07) is 50.6. The minimum absolute atomic E-state index is 0.612. The molecule has 0 atom stereocenters. The van der Waals surface area contributed by atoms with Gasteiger partial charge in [-0.2, -0.15) is 10.4 Å². The second-order valence-electron chi connectivity index (χ2n) is 13.4. The molecule has 1 aliphatic heterocycles. The van der Waals surface area contributed by atoms with Crippen LogP contribution in [0.3, 0.4) is 0 Å². The summed E-state index contributed by atoms with van der Waals surface area (Å²) in [6.45, 7) is 3.37. The molecule has 0 spiro atoms. The van der Waals surface area contributed by atoms with Crippen LogP contribution in [-0.4, -0.2) is 37.2 Å². The molecule has 52 heavy (non-hydrogen) atoms. The average Bonchev–Trinajstić information content (AvgIpc) is 4.05. The summed E-state index contributed by atoms with van der Waals surface area (Å²) in [4.78, 5) is 9.95. The van der Waals surface area contributed by atoms with E-state index in [1.54, 1.807) is 0 Å². The summed E-state index contributed by atoms with van der Waals surface area (Å²) >= 11 is 1.85. The zero-order valence-corrected chi connectivity index (χ0v) is 29.5. The first kappa shape index (κ1) is 31.9. The Morgan fingerprint density at radius 3 is 1.90 bits per heavy atom.